The highest BCUT2D eigenvalue weighted by Gasteiger charge is 2.06. The predicted octanol–water partition coefficient (Wildman–Crippen LogP) is 3.94. The molecule has 0 aliphatic carbocycles. The van der Waals surface area contributed by atoms with Crippen LogP contribution >= 0.6 is 24.0 Å². The number of hydrogen-bond donors (Lipinski definition) is 1. The third-order valence-electron chi connectivity index (χ3n) is 3.10. The Morgan fingerprint density at radius 1 is 1.39 bits per heavy atom. The Balaban J connectivity index is 2.11. The molecular weight excluding hydrogens is 262 g/mol. The van der Waals surface area contributed by atoms with Crippen LogP contribution in [0.25, 0.3) is 11.2 Å². The van der Waals surface area contributed by atoms with E-state index in [1.54, 1.807) is 0 Å². The topological polar surface area (TPSA) is 33.6 Å². The Hall–Kier alpha value is -0.810. The number of fused-ring (bicyclic) bond motifs is 1. The first-order valence-electron chi connectivity index (χ1n) is 6.27. The fourth-order valence-corrected chi connectivity index (χ4v) is 2.85. The fraction of sp³-hybridized carbons (Fsp3) is 0.538. The Labute approximate surface area is 117 Å². The van der Waals surface area contributed by atoms with Gasteiger partial charge in [0.05, 0.1) is 5.52 Å². The van der Waals surface area contributed by atoms with Gasteiger partial charge in [0.2, 0.25) is 0 Å². The second-order valence-electron chi connectivity index (χ2n) is 4.46. The van der Waals surface area contributed by atoms with Crippen molar-refractivity contribution in [3.63, 3.8) is 0 Å². The Bertz CT molecular complexity index is 571. The van der Waals surface area contributed by atoms with Gasteiger partial charge in [0.25, 0.3) is 0 Å². The van der Waals surface area contributed by atoms with Crippen LogP contribution in [0.1, 0.15) is 24.8 Å². The lowest BCUT2D eigenvalue weighted by atomic mass is 10.2. The standard InChI is InChI=1S/C13H19N3S2/c1-10-6-7-14-12-11(10)15-13(17)16(12)8-4-3-5-9-18-2/h6-7H,3-5,8-9H2,1-2H3,(H,15,17). The molecule has 2 rings (SSSR count). The summed E-state index contributed by atoms with van der Waals surface area (Å²) < 4.78 is 2.91. The van der Waals surface area contributed by atoms with Crippen LogP contribution < -0.4 is 0 Å². The summed E-state index contributed by atoms with van der Waals surface area (Å²) in [6.45, 7) is 3.04. The summed E-state index contributed by atoms with van der Waals surface area (Å²) in [7, 11) is 0. The summed E-state index contributed by atoms with van der Waals surface area (Å²) in [5.74, 6) is 1.25. The number of aryl methyl sites for hydroxylation is 2. The molecule has 0 radical (unpaired) electrons. The minimum atomic E-state index is 0.789. The molecule has 0 fully saturated rings. The maximum Gasteiger partial charge on any atom is 0.179 e. The van der Waals surface area contributed by atoms with Crippen molar-refractivity contribution < 1.29 is 0 Å². The van der Waals surface area contributed by atoms with Crippen LogP contribution in [0.5, 0.6) is 0 Å². The van der Waals surface area contributed by atoms with Crippen molar-refractivity contribution in [2.75, 3.05) is 12.0 Å². The first kappa shape index (κ1) is 13.6. The molecule has 2 aromatic rings. The van der Waals surface area contributed by atoms with Crippen molar-refractivity contribution in [2.24, 2.45) is 0 Å². The molecular formula is C13H19N3S2. The maximum atomic E-state index is 5.38. The molecule has 0 amide bonds. The molecule has 0 aliphatic rings. The van der Waals surface area contributed by atoms with Gasteiger partial charge < -0.3 is 9.55 Å². The van der Waals surface area contributed by atoms with E-state index in [9.17, 15) is 0 Å². The molecule has 0 spiro atoms. The number of aromatic nitrogens is 3. The number of unbranched alkanes of at least 4 members (excludes halogenated alkanes) is 2. The van der Waals surface area contributed by atoms with Crippen LogP contribution in [-0.4, -0.2) is 26.5 Å². The van der Waals surface area contributed by atoms with Crippen LogP contribution in [0.3, 0.4) is 0 Å². The van der Waals surface area contributed by atoms with Crippen LogP contribution in [0.2, 0.25) is 0 Å². The van der Waals surface area contributed by atoms with E-state index in [4.69, 9.17) is 12.2 Å². The normalized spacial score (nSPS) is 11.2. The lowest BCUT2D eigenvalue weighted by Crippen LogP contribution is -1.99. The highest BCUT2D eigenvalue weighted by molar-refractivity contribution is 7.98. The van der Waals surface area contributed by atoms with E-state index < -0.39 is 0 Å². The quantitative estimate of drug-likeness (QED) is 0.643. The van der Waals surface area contributed by atoms with Gasteiger partial charge in [-0.1, -0.05) is 6.42 Å². The van der Waals surface area contributed by atoms with E-state index in [2.05, 4.69) is 27.7 Å². The SMILES string of the molecule is CSCCCCCn1c(=S)[nH]c2c(C)ccnc21. The molecule has 98 valence electrons. The molecule has 18 heavy (non-hydrogen) atoms. The minimum Gasteiger partial charge on any atom is -0.329 e. The second kappa shape index (κ2) is 6.38. The molecule has 1 N–H and O–H groups in total. The second-order valence-corrected chi connectivity index (χ2v) is 5.83. The van der Waals surface area contributed by atoms with Crippen molar-refractivity contribution in [2.45, 2.75) is 32.7 Å². The van der Waals surface area contributed by atoms with Gasteiger partial charge in [0.15, 0.2) is 10.4 Å². The van der Waals surface area contributed by atoms with Gasteiger partial charge in [0.1, 0.15) is 0 Å². The largest absolute Gasteiger partial charge is 0.329 e. The first-order chi connectivity index (χ1) is 8.74. The maximum absolute atomic E-state index is 5.38. The summed E-state index contributed by atoms with van der Waals surface area (Å²) in [4.78, 5) is 7.70. The Morgan fingerprint density at radius 2 is 2.22 bits per heavy atom. The van der Waals surface area contributed by atoms with Crippen molar-refractivity contribution >= 4 is 35.1 Å². The number of nitrogens with one attached hydrogen (secondary N) is 1. The number of aromatic amines is 1. The molecule has 0 bridgehead atoms. The molecule has 0 saturated heterocycles. The van der Waals surface area contributed by atoms with Crippen LogP contribution in [0.4, 0.5) is 0 Å². The van der Waals surface area contributed by atoms with Gasteiger partial charge in [-0.25, -0.2) is 4.98 Å². The molecule has 0 saturated carbocycles. The monoisotopic (exact) mass is 281 g/mol. The Kier molecular flexibility index (Phi) is 4.83. The lowest BCUT2D eigenvalue weighted by Gasteiger charge is -2.04. The van der Waals surface area contributed by atoms with Crippen molar-refractivity contribution in [3.8, 4) is 0 Å². The zero-order valence-electron chi connectivity index (χ0n) is 10.9. The third kappa shape index (κ3) is 2.95. The molecule has 0 atom stereocenters. The van der Waals surface area contributed by atoms with Gasteiger partial charge in [0, 0.05) is 12.7 Å². The van der Waals surface area contributed by atoms with Gasteiger partial charge >= 0.3 is 0 Å². The summed E-state index contributed by atoms with van der Waals surface area (Å²) in [5.41, 5.74) is 3.27. The van der Waals surface area contributed by atoms with Gasteiger partial charge in [-0.15, -0.1) is 0 Å². The van der Waals surface area contributed by atoms with Gasteiger partial charge in [-0.3, -0.25) is 0 Å². The average Bonchev–Trinajstić information content (AvgIpc) is 2.68. The molecule has 2 aromatic heterocycles. The van der Waals surface area contributed by atoms with E-state index in [-0.39, 0.29) is 0 Å². The number of pyridine rings is 1. The molecule has 2 heterocycles. The summed E-state index contributed by atoms with van der Waals surface area (Å²) in [6.07, 6.45) is 7.70. The number of H-pyrrole nitrogens is 1. The Morgan fingerprint density at radius 3 is 3.00 bits per heavy atom. The van der Waals surface area contributed by atoms with E-state index >= 15 is 0 Å². The van der Waals surface area contributed by atoms with Gasteiger partial charge in [-0.2, -0.15) is 11.8 Å². The van der Waals surface area contributed by atoms with Crippen LogP contribution in [0.15, 0.2) is 12.3 Å². The van der Waals surface area contributed by atoms with E-state index in [1.165, 1.54) is 24.2 Å². The average molecular weight is 281 g/mol. The minimum absolute atomic E-state index is 0.789. The molecule has 0 aromatic carbocycles. The van der Waals surface area contributed by atoms with Crippen molar-refractivity contribution in [1.82, 2.24) is 14.5 Å². The van der Waals surface area contributed by atoms with Crippen molar-refractivity contribution in [3.05, 3.63) is 22.6 Å². The number of rotatable bonds is 6. The highest BCUT2D eigenvalue weighted by atomic mass is 32.2. The fourth-order valence-electron chi connectivity index (χ4n) is 2.07. The zero-order valence-corrected chi connectivity index (χ0v) is 12.5. The van der Waals surface area contributed by atoms with E-state index in [0.29, 0.717) is 0 Å². The first-order valence-corrected chi connectivity index (χ1v) is 8.07. The zero-order chi connectivity index (χ0) is 13.0. The lowest BCUT2D eigenvalue weighted by molar-refractivity contribution is 0.608. The van der Waals surface area contributed by atoms with Crippen LogP contribution in [-0.2, 0) is 6.54 Å². The predicted molar refractivity (Wildman–Crippen MR) is 81.9 cm³/mol. The number of hydrogen-bond acceptors (Lipinski definition) is 3. The smallest absolute Gasteiger partial charge is 0.179 e. The molecule has 5 heteroatoms. The highest BCUT2D eigenvalue weighted by Crippen LogP contribution is 2.16. The molecule has 0 aliphatic heterocycles. The van der Waals surface area contributed by atoms with Crippen molar-refractivity contribution in [1.29, 1.82) is 0 Å². The number of imidazole rings is 1. The van der Waals surface area contributed by atoms with Crippen LogP contribution in [0, 0.1) is 11.7 Å². The molecule has 0 unspecified atom stereocenters. The summed E-state index contributed by atoms with van der Waals surface area (Å²) in [6, 6.07) is 2.01. The van der Waals surface area contributed by atoms with Gasteiger partial charge in [-0.05, 0) is 55.6 Å². The summed E-state index contributed by atoms with van der Waals surface area (Å²) >= 11 is 7.29. The number of nitrogens with zero attached hydrogens (tertiary/aromatic N) is 2. The molecule has 3 nitrogen and oxygen atoms in total. The van der Waals surface area contributed by atoms with E-state index in [0.717, 1.165) is 28.9 Å². The van der Waals surface area contributed by atoms with E-state index in [1.807, 2.05) is 24.0 Å². The summed E-state index contributed by atoms with van der Waals surface area (Å²) in [5, 5.41) is 0. The number of thioether (sulfide) groups is 1. The third-order valence-corrected chi connectivity index (χ3v) is 4.12.